The highest BCUT2D eigenvalue weighted by Crippen LogP contribution is 2.28. The largest absolute Gasteiger partial charge is 0.489 e. The number of aryl methyl sites for hydroxylation is 3. The summed E-state index contributed by atoms with van der Waals surface area (Å²) in [7, 11) is 0. The molecule has 5 aromatic rings. The molecule has 0 bridgehead atoms. The maximum absolute atomic E-state index is 13.2. The first-order valence-corrected chi connectivity index (χ1v) is 11.2. The van der Waals surface area contributed by atoms with E-state index in [0.29, 0.717) is 38.6 Å². The van der Waals surface area contributed by atoms with Crippen LogP contribution < -0.4 is 15.8 Å². The Kier molecular flexibility index (Phi) is 5.50. The third-order valence-electron chi connectivity index (χ3n) is 5.83. The van der Waals surface area contributed by atoms with E-state index in [9.17, 15) is 9.59 Å². The Morgan fingerprint density at radius 3 is 2.38 bits per heavy atom. The van der Waals surface area contributed by atoms with Crippen LogP contribution in [0.15, 0.2) is 79.1 Å². The van der Waals surface area contributed by atoms with Crippen LogP contribution in [0.1, 0.15) is 22.5 Å². The van der Waals surface area contributed by atoms with Crippen LogP contribution in [0.3, 0.4) is 0 Å². The van der Waals surface area contributed by atoms with Gasteiger partial charge in [0.2, 0.25) is 5.43 Å². The number of halogens is 1. The molecular formula is C28H21ClO5. The molecule has 6 heteroatoms. The molecule has 0 N–H and O–H groups in total. The van der Waals surface area contributed by atoms with E-state index in [1.54, 1.807) is 49.4 Å². The molecule has 0 saturated heterocycles. The lowest BCUT2D eigenvalue weighted by molar-refractivity contribution is 0.306. The second-order valence-corrected chi connectivity index (χ2v) is 8.80. The first kappa shape index (κ1) is 22.0. The van der Waals surface area contributed by atoms with Crippen molar-refractivity contribution in [3.8, 4) is 16.9 Å². The first-order chi connectivity index (χ1) is 16.3. The summed E-state index contributed by atoms with van der Waals surface area (Å²) in [4.78, 5) is 25.3. The molecule has 0 aliphatic rings. The molecule has 2 aromatic heterocycles. The molecular weight excluding hydrogens is 452 g/mol. The summed E-state index contributed by atoms with van der Waals surface area (Å²) in [6.45, 7) is 5.87. The summed E-state index contributed by atoms with van der Waals surface area (Å²) >= 11 is 5.98. The Balaban J connectivity index is 1.51. The van der Waals surface area contributed by atoms with Crippen LogP contribution in [0.5, 0.6) is 5.75 Å². The SMILES string of the molecule is Cc1cc(C)c2c(COc3ccc4c(=O)c(-c5ccc(Cl)cc5)c(C)oc4c3)cc(=O)oc2c1. The van der Waals surface area contributed by atoms with Crippen LogP contribution in [-0.2, 0) is 6.61 Å². The van der Waals surface area contributed by atoms with Gasteiger partial charge in [0.05, 0.1) is 10.9 Å². The number of hydrogen-bond acceptors (Lipinski definition) is 5. The van der Waals surface area contributed by atoms with Crippen LogP contribution in [0.2, 0.25) is 5.02 Å². The van der Waals surface area contributed by atoms with Gasteiger partial charge < -0.3 is 13.6 Å². The van der Waals surface area contributed by atoms with Crippen molar-refractivity contribution < 1.29 is 13.6 Å². The van der Waals surface area contributed by atoms with E-state index in [0.717, 1.165) is 27.6 Å². The van der Waals surface area contributed by atoms with Gasteiger partial charge in [-0.2, -0.15) is 0 Å². The molecule has 0 radical (unpaired) electrons. The van der Waals surface area contributed by atoms with Gasteiger partial charge in [-0.1, -0.05) is 29.8 Å². The minimum absolute atomic E-state index is 0.120. The normalized spacial score (nSPS) is 11.3. The zero-order chi connectivity index (χ0) is 24.0. The molecule has 170 valence electrons. The molecule has 0 amide bonds. The number of hydrogen-bond donors (Lipinski definition) is 0. The monoisotopic (exact) mass is 472 g/mol. The minimum atomic E-state index is -0.425. The zero-order valence-electron chi connectivity index (χ0n) is 18.9. The van der Waals surface area contributed by atoms with Gasteiger partial charge in [0.15, 0.2) is 0 Å². The maximum atomic E-state index is 13.2. The minimum Gasteiger partial charge on any atom is -0.489 e. The van der Waals surface area contributed by atoms with Crippen molar-refractivity contribution in [1.82, 2.24) is 0 Å². The molecule has 5 rings (SSSR count). The van der Waals surface area contributed by atoms with Gasteiger partial charge in [0.1, 0.15) is 29.3 Å². The number of ether oxygens (including phenoxy) is 1. The third-order valence-corrected chi connectivity index (χ3v) is 6.09. The summed E-state index contributed by atoms with van der Waals surface area (Å²) in [6, 6.07) is 17.5. The quantitative estimate of drug-likeness (QED) is 0.271. The Morgan fingerprint density at radius 1 is 0.853 bits per heavy atom. The highest BCUT2D eigenvalue weighted by molar-refractivity contribution is 6.30. The van der Waals surface area contributed by atoms with Crippen molar-refractivity contribution in [3.05, 3.63) is 109 Å². The third kappa shape index (κ3) is 3.99. The Labute approximate surface area is 200 Å². The summed E-state index contributed by atoms with van der Waals surface area (Å²) in [5.74, 6) is 1.04. The highest BCUT2D eigenvalue weighted by Gasteiger charge is 2.15. The topological polar surface area (TPSA) is 69.7 Å². The fourth-order valence-electron chi connectivity index (χ4n) is 4.37. The van der Waals surface area contributed by atoms with Gasteiger partial charge in [0, 0.05) is 28.1 Å². The van der Waals surface area contributed by atoms with Gasteiger partial charge in [-0.05, 0) is 67.8 Å². The number of benzene rings is 3. The summed E-state index contributed by atoms with van der Waals surface area (Å²) in [6.07, 6.45) is 0. The summed E-state index contributed by atoms with van der Waals surface area (Å²) in [5.41, 5.74) is 4.44. The standard InChI is InChI=1S/C28H21ClO5/c1-15-10-16(2)26-19(12-25(30)34-24(26)11-15)14-32-21-8-9-22-23(13-21)33-17(3)27(28(22)31)18-4-6-20(29)7-5-18/h4-13H,14H2,1-3H3. The molecule has 34 heavy (non-hydrogen) atoms. The maximum Gasteiger partial charge on any atom is 0.336 e. The van der Waals surface area contributed by atoms with Crippen molar-refractivity contribution >= 4 is 33.5 Å². The molecule has 0 aliphatic carbocycles. The number of rotatable bonds is 4. The average molecular weight is 473 g/mol. The lowest BCUT2D eigenvalue weighted by atomic mass is 10.0. The van der Waals surface area contributed by atoms with Crippen molar-refractivity contribution in [2.75, 3.05) is 0 Å². The van der Waals surface area contributed by atoms with Crippen LogP contribution >= 0.6 is 11.6 Å². The summed E-state index contributed by atoms with van der Waals surface area (Å²) in [5, 5.41) is 1.92. The molecule has 0 aliphatic heterocycles. The smallest absolute Gasteiger partial charge is 0.336 e. The predicted octanol–water partition coefficient (Wildman–Crippen LogP) is 6.72. The van der Waals surface area contributed by atoms with Gasteiger partial charge >= 0.3 is 5.63 Å². The lowest BCUT2D eigenvalue weighted by Crippen LogP contribution is -2.08. The predicted molar refractivity (Wildman–Crippen MR) is 134 cm³/mol. The van der Waals surface area contributed by atoms with Crippen LogP contribution in [0.25, 0.3) is 33.1 Å². The molecule has 2 heterocycles. The zero-order valence-corrected chi connectivity index (χ0v) is 19.7. The van der Waals surface area contributed by atoms with E-state index >= 15 is 0 Å². The lowest BCUT2D eigenvalue weighted by Gasteiger charge is -2.12. The highest BCUT2D eigenvalue weighted by atomic mass is 35.5. The van der Waals surface area contributed by atoms with E-state index in [2.05, 4.69) is 0 Å². The molecule has 5 nitrogen and oxygen atoms in total. The van der Waals surface area contributed by atoms with E-state index < -0.39 is 5.63 Å². The molecule has 0 fully saturated rings. The Morgan fingerprint density at radius 2 is 1.62 bits per heavy atom. The van der Waals surface area contributed by atoms with E-state index in [-0.39, 0.29) is 12.0 Å². The van der Waals surface area contributed by atoms with Gasteiger partial charge in [-0.3, -0.25) is 4.79 Å². The second kappa shape index (κ2) is 8.50. The molecule has 0 spiro atoms. The van der Waals surface area contributed by atoms with Gasteiger partial charge in [-0.25, -0.2) is 4.79 Å². The Bertz CT molecular complexity index is 1680. The second-order valence-electron chi connectivity index (χ2n) is 8.36. The van der Waals surface area contributed by atoms with Crippen molar-refractivity contribution in [2.24, 2.45) is 0 Å². The van der Waals surface area contributed by atoms with E-state index in [4.69, 9.17) is 25.2 Å². The fraction of sp³-hybridized carbons (Fsp3) is 0.143. The van der Waals surface area contributed by atoms with Crippen LogP contribution in [0.4, 0.5) is 0 Å². The Hall–Kier alpha value is -3.83. The average Bonchev–Trinajstić information content (AvgIpc) is 2.77. The summed E-state index contributed by atoms with van der Waals surface area (Å²) < 4.78 is 17.4. The molecule has 0 atom stereocenters. The van der Waals surface area contributed by atoms with Crippen LogP contribution in [-0.4, -0.2) is 0 Å². The molecule has 0 saturated carbocycles. The molecule has 3 aromatic carbocycles. The van der Waals surface area contributed by atoms with Crippen molar-refractivity contribution in [1.29, 1.82) is 0 Å². The van der Waals surface area contributed by atoms with Crippen LogP contribution in [0, 0.1) is 20.8 Å². The first-order valence-electron chi connectivity index (χ1n) is 10.8. The van der Waals surface area contributed by atoms with Crippen molar-refractivity contribution in [2.45, 2.75) is 27.4 Å². The fourth-order valence-corrected chi connectivity index (χ4v) is 4.50. The van der Waals surface area contributed by atoms with Gasteiger partial charge in [-0.15, -0.1) is 0 Å². The van der Waals surface area contributed by atoms with E-state index in [1.807, 2.05) is 26.0 Å². The van der Waals surface area contributed by atoms with Gasteiger partial charge in [0.25, 0.3) is 0 Å². The number of fused-ring (bicyclic) bond motifs is 2. The van der Waals surface area contributed by atoms with Crippen molar-refractivity contribution in [3.63, 3.8) is 0 Å². The van der Waals surface area contributed by atoms with E-state index in [1.165, 1.54) is 6.07 Å². The molecule has 0 unspecified atom stereocenters.